The van der Waals surface area contributed by atoms with Crippen LogP contribution in [-0.2, 0) is 4.87 Å². The SMILES string of the molecule is CC(C)(Br)C1=CNC2=CC=CC(Cl)(c3cccc(F)c3)C2=N1. The molecular formula is C17H15BrClFN2. The van der Waals surface area contributed by atoms with E-state index in [1.165, 1.54) is 12.1 Å². The molecule has 1 aromatic carbocycles. The van der Waals surface area contributed by atoms with Crippen LogP contribution in [0.5, 0.6) is 0 Å². The molecule has 0 fully saturated rings. The summed E-state index contributed by atoms with van der Waals surface area (Å²) in [6.07, 6.45) is 7.45. The molecule has 0 saturated heterocycles. The Morgan fingerprint density at radius 2 is 2.14 bits per heavy atom. The zero-order valence-electron chi connectivity index (χ0n) is 12.2. The first-order chi connectivity index (χ1) is 10.3. The van der Waals surface area contributed by atoms with Gasteiger partial charge in [0, 0.05) is 6.20 Å². The number of hydrogen-bond donors (Lipinski definition) is 1. The number of benzene rings is 1. The summed E-state index contributed by atoms with van der Waals surface area (Å²) in [4.78, 5) is 3.74. The molecule has 1 aliphatic carbocycles. The normalized spacial score (nSPS) is 24.0. The van der Waals surface area contributed by atoms with E-state index in [0.29, 0.717) is 11.3 Å². The summed E-state index contributed by atoms with van der Waals surface area (Å²) in [5.74, 6) is -0.317. The van der Waals surface area contributed by atoms with Gasteiger partial charge in [-0.1, -0.05) is 40.2 Å². The minimum absolute atomic E-state index is 0.292. The van der Waals surface area contributed by atoms with Crippen LogP contribution in [0, 0.1) is 5.82 Å². The molecule has 1 aliphatic heterocycles. The largest absolute Gasteiger partial charge is 0.358 e. The lowest BCUT2D eigenvalue weighted by atomic mass is 9.86. The van der Waals surface area contributed by atoms with Gasteiger partial charge in [0.2, 0.25) is 0 Å². The molecule has 1 unspecified atom stereocenters. The van der Waals surface area contributed by atoms with E-state index < -0.39 is 4.87 Å². The highest BCUT2D eigenvalue weighted by atomic mass is 79.9. The van der Waals surface area contributed by atoms with Crippen LogP contribution in [0.25, 0.3) is 0 Å². The summed E-state index contributed by atoms with van der Waals surface area (Å²) in [7, 11) is 0. The third-order valence-electron chi connectivity index (χ3n) is 3.64. The highest BCUT2D eigenvalue weighted by Crippen LogP contribution is 2.40. The lowest BCUT2D eigenvalue weighted by Crippen LogP contribution is -2.38. The molecule has 1 atom stereocenters. The number of fused-ring (bicyclic) bond motifs is 1. The van der Waals surface area contributed by atoms with E-state index in [2.05, 4.69) is 21.2 Å². The average Bonchev–Trinajstić information content (AvgIpc) is 2.46. The Morgan fingerprint density at radius 1 is 1.36 bits per heavy atom. The third-order valence-corrected chi connectivity index (χ3v) is 4.57. The van der Waals surface area contributed by atoms with E-state index in [1.54, 1.807) is 6.07 Å². The Hall–Kier alpha value is -1.39. The maximum Gasteiger partial charge on any atom is 0.132 e. The van der Waals surface area contributed by atoms with Crippen LogP contribution in [0.2, 0.25) is 0 Å². The van der Waals surface area contributed by atoms with Gasteiger partial charge in [-0.15, -0.1) is 11.6 Å². The van der Waals surface area contributed by atoms with Gasteiger partial charge in [0.15, 0.2) is 0 Å². The Morgan fingerprint density at radius 3 is 2.82 bits per heavy atom. The molecule has 114 valence electrons. The number of allylic oxidation sites excluding steroid dienone is 5. The van der Waals surface area contributed by atoms with Gasteiger partial charge in [0.1, 0.15) is 10.7 Å². The number of nitrogens with one attached hydrogen (secondary N) is 1. The molecule has 0 spiro atoms. The Bertz CT molecular complexity index is 743. The Kier molecular flexibility index (Phi) is 3.77. The molecule has 0 saturated carbocycles. The molecule has 1 aromatic rings. The van der Waals surface area contributed by atoms with Crippen molar-refractivity contribution in [1.29, 1.82) is 0 Å². The first-order valence-corrected chi connectivity index (χ1v) is 8.08. The topological polar surface area (TPSA) is 24.4 Å². The van der Waals surface area contributed by atoms with Crippen LogP contribution in [0.1, 0.15) is 19.4 Å². The summed E-state index contributed by atoms with van der Waals surface area (Å²) < 4.78 is 13.3. The second-order valence-corrected chi connectivity index (χ2v) is 8.35. The summed E-state index contributed by atoms with van der Waals surface area (Å²) in [5, 5.41) is 3.23. The van der Waals surface area contributed by atoms with Crippen LogP contribution in [-0.4, -0.2) is 10.0 Å². The number of hydrogen-bond acceptors (Lipinski definition) is 2. The fourth-order valence-electron chi connectivity index (χ4n) is 2.44. The van der Waals surface area contributed by atoms with Crippen molar-refractivity contribution in [1.82, 2.24) is 5.32 Å². The van der Waals surface area contributed by atoms with Gasteiger partial charge in [0.25, 0.3) is 0 Å². The van der Waals surface area contributed by atoms with Gasteiger partial charge in [-0.2, -0.15) is 0 Å². The van der Waals surface area contributed by atoms with E-state index in [-0.39, 0.29) is 10.1 Å². The van der Waals surface area contributed by atoms with Crippen molar-refractivity contribution >= 4 is 33.2 Å². The van der Waals surface area contributed by atoms with Gasteiger partial charge in [-0.3, -0.25) is 4.99 Å². The van der Waals surface area contributed by atoms with E-state index in [9.17, 15) is 4.39 Å². The Balaban J connectivity index is 2.13. The van der Waals surface area contributed by atoms with Gasteiger partial charge >= 0.3 is 0 Å². The molecule has 0 radical (unpaired) electrons. The Labute approximate surface area is 142 Å². The molecule has 22 heavy (non-hydrogen) atoms. The van der Waals surface area contributed by atoms with Crippen LogP contribution in [0.15, 0.2) is 65.1 Å². The number of aliphatic imine (C=N–C) groups is 1. The van der Waals surface area contributed by atoms with Crippen molar-refractivity contribution in [3.05, 3.63) is 71.5 Å². The summed E-state index contributed by atoms with van der Waals surface area (Å²) in [5.41, 5.74) is 2.98. The smallest absolute Gasteiger partial charge is 0.132 e. The van der Waals surface area contributed by atoms with Gasteiger partial charge in [-0.05, 0) is 37.6 Å². The minimum Gasteiger partial charge on any atom is -0.358 e. The van der Waals surface area contributed by atoms with Crippen molar-refractivity contribution in [2.75, 3.05) is 0 Å². The fraction of sp³-hybridized carbons (Fsp3) is 0.235. The van der Waals surface area contributed by atoms with E-state index in [1.807, 2.05) is 44.3 Å². The molecule has 1 heterocycles. The lowest BCUT2D eigenvalue weighted by Gasteiger charge is -2.34. The molecule has 0 amide bonds. The van der Waals surface area contributed by atoms with Crippen LogP contribution in [0.4, 0.5) is 4.39 Å². The first kappa shape index (κ1) is 15.5. The molecule has 0 bridgehead atoms. The van der Waals surface area contributed by atoms with E-state index in [4.69, 9.17) is 16.6 Å². The molecule has 5 heteroatoms. The van der Waals surface area contributed by atoms with Crippen molar-refractivity contribution in [2.24, 2.45) is 4.99 Å². The minimum atomic E-state index is -0.989. The predicted molar refractivity (Wildman–Crippen MR) is 92.8 cm³/mol. The molecular weight excluding hydrogens is 367 g/mol. The summed E-state index contributed by atoms with van der Waals surface area (Å²) in [6.45, 7) is 4.02. The highest BCUT2D eigenvalue weighted by molar-refractivity contribution is 9.10. The van der Waals surface area contributed by atoms with Crippen molar-refractivity contribution in [3.8, 4) is 0 Å². The fourth-order valence-corrected chi connectivity index (χ4v) is 2.98. The maximum atomic E-state index is 13.6. The highest BCUT2D eigenvalue weighted by Gasteiger charge is 2.39. The van der Waals surface area contributed by atoms with Gasteiger partial charge in [0.05, 0.1) is 21.4 Å². The van der Waals surface area contributed by atoms with Crippen molar-refractivity contribution in [2.45, 2.75) is 23.0 Å². The number of alkyl halides is 2. The second kappa shape index (κ2) is 5.36. The molecule has 0 aromatic heterocycles. The van der Waals surface area contributed by atoms with Gasteiger partial charge < -0.3 is 5.32 Å². The summed E-state index contributed by atoms with van der Waals surface area (Å²) in [6, 6.07) is 6.31. The van der Waals surface area contributed by atoms with Crippen LogP contribution in [0.3, 0.4) is 0 Å². The first-order valence-electron chi connectivity index (χ1n) is 6.91. The zero-order chi connectivity index (χ0) is 16.0. The van der Waals surface area contributed by atoms with Crippen molar-refractivity contribution in [3.63, 3.8) is 0 Å². The van der Waals surface area contributed by atoms with Crippen LogP contribution < -0.4 is 5.32 Å². The maximum absolute atomic E-state index is 13.6. The van der Waals surface area contributed by atoms with Crippen molar-refractivity contribution < 1.29 is 4.39 Å². The number of nitrogens with zero attached hydrogens (tertiary/aromatic N) is 1. The second-order valence-electron chi connectivity index (χ2n) is 5.77. The predicted octanol–water partition coefficient (Wildman–Crippen LogP) is 4.77. The molecule has 2 nitrogen and oxygen atoms in total. The molecule has 2 aliphatic rings. The number of halogens is 3. The lowest BCUT2D eigenvalue weighted by molar-refractivity contribution is 0.625. The van der Waals surface area contributed by atoms with Gasteiger partial charge in [-0.25, -0.2) is 4.39 Å². The molecule has 1 N–H and O–H groups in total. The quantitative estimate of drug-likeness (QED) is 0.733. The zero-order valence-corrected chi connectivity index (χ0v) is 14.5. The summed E-state index contributed by atoms with van der Waals surface area (Å²) >= 11 is 10.5. The van der Waals surface area contributed by atoms with E-state index in [0.717, 1.165) is 11.4 Å². The molecule has 3 rings (SSSR count). The van der Waals surface area contributed by atoms with E-state index >= 15 is 0 Å². The number of rotatable bonds is 2. The third kappa shape index (κ3) is 2.66. The monoisotopic (exact) mass is 380 g/mol. The van der Waals surface area contributed by atoms with Crippen LogP contribution >= 0.6 is 27.5 Å². The average molecular weight is 382 g/mol. The standard InChI is InChI=1S/C17H15BrClFN2/c1-16(2,18)14-10-21-13-7-4-8-17(19,15(13)22-14)11-5-3-6-12(20)9-11/h3-10,21H,1-2H3.